The van der Waals surface area contributed by atoms with Gasteiger partial charge in [0.05, 0.1) is 32.5 Å². The van der Waals surface area contributed by atoms with Crippen LogP contribution in [0.1, 0.15) is 424 Å². The van der Waals surface area contributed by atoms with Gasteiger partial charge in [-0.15, -0.1) is 0 Å². The fraction of sp³-hybridized carbons (Fsp3) is 0.558. The SMILES string of the molecule is C/C=C(C)/C=C/C=C(/C)c1cc(C(C)C)cc(C(C)C)c1OCCCCCC.C/C=C(\C)CC=O.CCCCCCOc1c(/C(C)=C\C#N)cc(C(C)C)cc1C(C)C.CCCCCCOc1c(/C(C)=C\C=O)cc(C(C)C)cc1C(C)C.CCCCCCOc1c(\C(C)=C/C=C/C(C)=C/C(=O)O)cc(C(C)C)cc1C(C)C. The molecule has 1 N–H and O–H groups in total. The minimum absolute atomic E-state index is 0.372. The van der Waals surface area contributed by atoms with E-state index in [1.165, 1.54) is 144 Å². The van der Waals surface area contributed by atoms with Crippen molar-refractivity contribution in [2.75, 3.05) is 26.4 Å². The highest BCUT2D eigenvalue weighted by atomic mass is 16.5. The number of carboxylic acids is 1. The predicted octanol–water partition coefficient (Wildman–Crippen LogP) is 31.6. The molecule has 0 heterocycles. The molecule has 0 radical (unpaired) electrons. The summed E-state index contributed by atoms with van der Waals surface area (Å²) in [7, 11) is 0. The van der Waals surface area contributed by atoms with Crippen LogP contribution in [0.2, 0.25) is 0 Å². The van der Waals surface area contributed by atoms with Crippen molar-refractivity contribution in [3.05, 3.63) is 199 Å². The fourth-order valence-corrected chi connectivity index (χ4v) is 12.2. The van der Waals surface area contributed by atoms with Gasteiger partial charge in [0, 0.05) is 40.8 Å². The van der Waals surface area contributed by atoms with E-state index in [1.54, 1.807) is 19.1 Å². The molecule has 0 atom stereocenters. The molecule has 4 rings (SSSR count). The first-order valence-corrected chi connectivity index (χ1v) is 43.3. The zero-order chi connectivity index (χ0) is 85.7. The van der Waals surface area contributed by atoms with Crippen molar-refractivity contribution in [2.45, 2.75) is 357 Å². The second kappa shape index (κ2) is 60.6. The van der Waals surface area contributed by atoms with E-state index in [0.717, 1.165) is 127 Å². The molecule has 0 saturated heterocycles. The molecule has 628 valence electrons. The highest BCUT2D eigenvalue weighted by Gasteiger charge is 2.23. The predicted molar refractivity (Wildman–Crippen MR) is 493 cm³/mol. The van der Waals surface area contributed by atoms with E-state index in [-0.39, 0.29) is 0 Å². The summed E-state index contributed by atoms with van der Waals surface area (Å²) in [5, 5.41) is 17.9. The number of rotatable bonds is 44. The summed E-state index contributed by atoms with van der Waals surface area (Å²) in [5.74, 6) is 6.51. The van der Waals surface area contributed by atoms with Crippen LogP contribution in [0.4, 0.5) is 0 Å². The van der Waals surface area contributed by atoms with E-state index in [4.69, 9.17) is 29.3 Å². The monoisotopic (exact) mass is 1550 g/mol. The normalized spacial score (nSPS) is 12.5. The van der Waals surface area contributed by atoms with Crippen molar-refractivity contribution in [3.63, 3.8) is 0 Å². The molecular weight excluding hydrogens is 1390 g/mol. The lowest BCUT2D eigenvalue weighted by Crippen LogP contribution is -2.06. The lowest BCUT2D eigenvalue weighted by atomic mass is 9.89. The zero-order valence-electron chi connectivity index (χ0n) is 76.8. The molecule has 0 bridgehead atoms. The van der Waals surface area contributed by atoms with Crippen LogP contribution in [0, 0.1) is 11.3 Å². The molecule has 0 saturated carbocycles. The summed E-state index contributed by atoms with van der Waals surface area (Å²) in [4.78, 5) is 31.5. The Morgan fingerprint density at radius 2 is 0.673 bits per heavy atom. The third-order valence-corrected chi connectivity index (χ3v) is 20.1. The summed E-state index contributed by atoms with van der Waals surface area (Å²) in [5.41, 5.74) is 22.3. The molecule has 0 aliphatic rings. The van der Waals surface area contributed by atoms with Crippen LogP contribution in [-0.2, 0) is 14.4 Å². The van der Waals surface area contributed by atoms with Gasteiger partial charge in [-0.25, -0.2) is 4.79 Å². The number of nitrogens with zero attached hydrogens (tertiary/aromatic N) is 1. The van der Waals surface area contributed by atoms with E-state index in [0.29, 0.717) is 59.3 Å². The largest absolute Gasteiger partial charge is 0.493 e. The van der Waals surface area contributed by atoms with Crippen LogP contribution in [0.3, 0.4) is 0 Å². The molecule has 0 amide bonds. The number of ether oxygens (including phenoxy) is 4. The molecule has 0 aliphatic heterocycles. The van der Waals surface area contributed by atoms with Gasteiger partial charge in [0.15, 0.2) is 0 Å². The van der Waals surface area contributed by atoms with E-state index in [1.807, 2.05) is 52.0 Å². The van der Waals surface area contributed by atoms with Gasteiger partial charge in [-0.05, 0) is 238 Å². The summed E-state index contributed by atoms with van der Waals surface area (Å²) in [6, 6.07) is 20.3. The second-order valence-corrected chi connectivity index (χ2v) is 32.9. The van der Waals surface area contributed by atoms with E-state index in [9.17, 15) is 14.4 Å². The van der Waals surface area contributed by atoms with E-state index < -0.39 is 5.97 Å². The fourth-order valence-electron chi connectivity index (χ4n) is 12.2. The first-order valence-electron chi connectivity index (χ1n) is 43.3. The number of unbranched alkanes of at least 4 members (excludes halogenated alkanes) is 12. The number of hydrogen-bond acceptors (Lipinski definition) is 8. The molecule has 0 aliphatic carbocycles. The maximum Gasteiger partial charge on any atom is 0.328 e. The molecule has 0 unspecified atom stereocenters. The van der Waals surface area contributed by atoms with Gasteiger partial charge in [0.2, 0.25) is 0 Å². The lowest BCUT2D eigenvalue weighted by Gasteiger charge is -2.21. The Bertz CT molecular complexity index is 3760. The van der Waals surface area contributed by atoms with Crippen LogP contribution in [0.15, 0.2) is 132 Å². The number of carboxylic acid groups (broad SMARTS) is 1. The molecule has 4 aromatic carbocycles. The Morgan fingerprint density at radius 1 is 0.389 bits per heavy atom. The third kappa shape index (κ3) is 41.8. The van der Waals surface area contributed by atoms with Crippen molar-refractivity contribution < 1.29 is 38.4 Å². The van der Waals surface area contributed by atoms with Gasteiger partial charge in [-0.3, -0.25) is 4.79 Å². The Hall–Kier alpha value is -7.96. The summed E-state index contributed by atoms with van der Waals surface area (Å²) in [6.45, 7) is 65.6. The average molecular weight is 1550 g/mol. The van der Waals surface area contributed by atoms with Crippen molar-refractivity contribution in [1.29, 1.82) is 5.26 Å². The first-order chi connectivity index (χ1) is 53.6. The summed E-state index contributed by atoms with van der Waals surface area (Å²) in [6.07, 6.45) is 42.3. The minimum Gasteiger partial charge on any atom is -0.493 e. The zero-order valence-corrected chi connectivity index (χ0v) is 76.8. The van der Waals surface area contributed by atoms with Crippen LogP contribution in [-0.4, -0.2) is 50.1 Å². The number of carbonyl (C=O) groups is 3. The van der Waals surface area contributed by atoms with Crippen molar-refractivity contribution in [1.82, 2.24) is 0 Å². The van der Waals surface area contributed by atoms with Gasteiger partial charge in [-0.1, -0.05) is 300 Å². The third-order valence-electron chi connectivity index (χ3n) is 20.1. The molecule has 0 spiro atoms. The lowest BCUT2D eigenvalue weighted by molar-refractivity contribution is -0.131. The van der Waals surface area contributed by atoms with Gasteiger partial charge in [0.1, 0.15) is 35.6 Å². The number of allylic oxidation sites excluding steroid dienone is 17. The minimum atomic E-state index is -0.928. The van der Waals surface area contributed by atoms with Gasteiger partial charge in [0.25, 0.3) is 0 Å². The Balaban J connectivity index is 0.00000144. The molecule has 4 aromatic rings. The number of benzene rings is 4. The van der Waals surface area contributed by atoms with Crippen LogP contribution < -0.4 is 18.9 Å². The van der Waals surface area contributed by atoms with Crippen LogP contribution in [0.25, 0.3) is 22.3 Å². The Morgan fingerprint density at radius 3 is 0.894 bits per heavy atom. The van der Waals surface area contributed by atoms with Gasteiger partial charge < -0.3 is 28.8 Å². The maximum absolute atomic E-state index is 11.0. The smallest absolute Gasteiger partial charge is 0.328 e. The molecular formula is C104H159NO8. The maximum atomic E-state index is 11.0. The number of carbonyl (C=O) groups excluding carboxylic acids is 2. The van der Waals surface area contributed by atoms with Crippen LogP contribution in [0.5, 0.6) is 23.0 Å². The topological polar surface area (TPSA) is 132 Å². The highest BCUT2D eigenvalue weighted by molar-refractivity contribution is 5.84. The average Bonchev–Trinajstić information content (AvgIpc) is 0.846. The van der Waals surface area contributed by atoms with Crippen molar-refractivity contribution in [2.24, 2.45) is 0 Å². The molecule has 0 fully saturated rings. The number of aldehydes is 2. The quantitative estimate of drug-likeness (QED) is 0.0115. The molecule has 9 heteroatoms. The van der Waals surface area contributed by atoms with Crippen LogP contribution >= 0.6 is 0 Å². The summed E-state index contributed by atoms with van der Waals surface area (Å²) >= 11 is 0. The van der Waals surface area contributed by atoms with E-state index in [2.05, 4.69) is 245 Å². The van der Waals surface area contributed by atoms with Crippen molar-refractivity contribution >= 4 is 40.8 Å². The number of nitriles is 1. The Labute approximate surface area is 692 Å². The number of hydrogen-bond donors (Lipinski definition) is 1. The second-order valence-electron chi connectivity index (χ2n) is 32.9. The number of aliphatic carboxylic acids is 1. The Kier molecular flexibility index (Phi) is 56.3. The van der Waals surface area contributed by atoms with Gasteiger partial charge >= 0.3 is 5.97 Å². The van der Waals surface area contributed by atoms with Crippen molar-refractivity contribution in [3.8, 4) is 29.1 Å². The first kappa shape index (κ1) is 105. The summed E-state index contributed by atoms with van der Waals surface area (Å²) < 4.78 is 25.2. The standard InChI is InChI=1S/C27H40O3.C27H42O.C22H33NO.C22H34O2.C6H10O/c1-8-9-10-11-15-30-27-24(20(4)5)17-23(19(2)3)18-25(27)22(7)14-12-13-21(6)16-26(28)29;1-9-11-12-13-17-28-27-25(21(5)6)18-24(20(3)4)19-26(27)23(8)16-14-15-22(7)10-2;2*1-7-8-9-10-13-24-22-20(17(4)5)14-19(16(2)3)15-21(22)18(6)11-12-23;1-3-6(2)4-5-7/h12-14,16-20H,8-11,15H2,1-7H3,(H,28,29);10,14-16,18-21H,9,11-13,17H2,1-8H3;11,14-17H,7-10,13H2,1-6H3;11-12,14-17H,7-10,13H2,1-6H3;3,5H,4H2,1-2H3/b13-12+,21-16+,22-14-;15-14+,22-10+,23-16-;2*18-11-;6-3+. The van der Waals surface area contributed by atoms with Gasteiger partial charge in [-0.2, -0.15) is 5.26 Å². The molecule has 113 heavy (non-hydrogen) atoms. The van der Waals surface area contributed by atoms with E-state index >= 15 is 0 Å². The molecule has 0 aromatic heterocycles. The highest BCUT2D eigenvalue weighted by Crippen LogP contribution is 2.42. The molecule has 9 nitrogen and oxygen atoms in total.